The van der Waals surface area contributed by atoms with Crippen molar-refractivity contribution >= 4 is 45.2 Å². The number of nitrogens with one attached hydrogen (secondary N) is 1. The van der Waals surface area contributed by atoms with Gasteiger partial charge >= 0.3 is 0 Å². The number of nitrogens with zero attached hydrogens (tertiary/aromatic N) is 1. The average Bonchev–Trinajstić information content (AvgIpc) is 2.94. The van der Waals surface area contributed by atoms with E-state index in [-0.39, 0.29) is 5.91 Å². The van der Waals surface area contributed by atoms with E-state index in [0.717, 1.165) is 10.6 Å². The van der Waals surface area contributed by atoms with Gasteiger partial charge in [0.15, 0.2) is 0 Å². The Kier molecular flexibility index (Phi) is 4.43. The lowest BCUT2D eigenvalue weighted by molar-refractivity contribution is -0.113. The van der Waals surface area contributed by atoms with Crippen LogP contribution in [0.25, 0.3) is 21.8 Å². The molecule has 0 aliphatic rings. The van der Waals surface area contributed by atoms with Crippen molar-refractivity contribution in [2.75, 3.05) is 11.1 Å². The van der Waals surface area contributed by atoms with Gasteiger partial charge in [0, 0.05) is 39.4 Å². The van der Waals surface area contributed by atoms with Gasteiger partial charge in [-0.1, -0.05) is 42.0 Å². The molecule has 0 saturated carbocycles. The van der Waals surface area contributed by atoms with Crippen LogP contribution in [0.3, 0.4) is 0 Å². The second kappa shape index (κ2) is 6.89. The average molecular weight is 360 g/mol. The number of thioether (sulfide) groups is 1. The molecule has 0 aliphatic heterocycles. The van der Waals surface area contributed by atoms with Gasteiger partial charge in [-0.2, -0.15) is 0 Å². The molecular weight excluding hydrogens is 340 g/mol. The minimum Gasteiger partial charge on any atom is -0.344 e. The number of benzene rings is 3. The number of hydrogen-bond acceptors (Lipinski definition) is 2. The van der Waals surface area contributed by atoms with Crippen LogP contribution in [0.4, 0.5) is 5.69 Å². The van der Waals surface area contributed by atoms with E-state index >= 15 is 0 Å². The number of carbonyl (C=O) groups excluding carboxylic acids is 1. The Morgan fingerprint density at radius 2 is 1.69 bits per heavy atom. The Balaban J connectivity index is 1.50. The van der Waals surface area contributed by atoms with E-state index in [1.807, 2.05) is 31.2 Å². The third-order valence-corrected chi connectivity index (χ3v) is 5.59. The molecule has 1 amide bonds. The van der Waals surface area contributed by atoms with E-state index in [1.165, 1.54) is 27.4 Å². The fourth-order valence-corrected chi connectivity index (χ4v) is 3.94. The predicted molar refractivity (Wildman–Crippen MR) is 111 cm³/mol. The van der Waals surface area contributed by atoms with Crippen molar-refractivity contribution in [3.05, 3.63) is 72.3 Å². The summed E-state index contributed by atoms with van der Waals surface area (Å²) < 4.78 is 2.21. The van der Waals surface area contributed by atoms with Gasteiger partial charge in [0.05, 0.1) is 5.75 Å². The van der Waals surface area contributed by atoms with Crippen molar-refractivity contribution in [1.82, 2.24) is 4.57 Å². The first-order valence-electron chi connectivity index (χ1n) is 8.58. The van der Waals surface area contributed by atoms with Crippen LogP contribution in [0.1, 0.15) is 5.56 Å². The highest BCUT2D eigenvalue weighted by Gasteiger charge is 2.09. The maximum Gasteiger partial charge on any atom is 0.234 e. The molecule has 0 spiro atoms. The smallest absolute Gasteiger partial charge is 0.234 e. The lowest BCUT2D eigenvalue weighted by Crippen LogP contribution is -2.13. The van der Waals surface area contributed by atoms with Gasteiger partial charge in [0.2, 0.25) is 5.91 Å². The fraction of sp³-hybridized carbons (Fsp3) is 0.136. The van der Waals surface area contributed by atoms with Crippen LogP contribution in [0, 0.1) is 6.92 Å². The molecule has 0 aliphatic carbocycles. The zero-order valence-electron chi connectivity index (χ0n) is 14.8. The van der Waals surface area contributed by atoms with Crippen molar-refractivity contribution in [3.63, 3.8) is 0 Å². The van der Waals surface area contributed by atoms with Crippen molar-refractivity contribution < 1.29 is 4.79 Å². The van der Waals surface area contributed by atoms with Gasteiger partial charge in [0.1, 0.15) is 0 Å². The quantitative estimate of drug-likeness (QED) is 0.496. The summed E-state index contributed by atoms with van der Waals surface area (Å²) in [6.45, 7) is 2.03. The van der Waals surface area contributed by atoms with Gasteiger partial charge in [-0.3, -0.25) is 4.79 Å². The van der Waals surface area contributed by atoms with Crippen molar-refractivity contribution in [1.29, 1.82) is 0 Å². The summed E-state index contributed by atoms with van der Waals surface area (Å²) in [4.78, 5) is 13.3. The number of aryl methyl sites for hydroxylation is 2. The van der Waals surface area contributed by atoms with E-state index in [0.29, 0.717) is 5.75 Å². The van der Waals surface area contributed by atoms with Gasteiger partial charge < -0.3 is 9.88 Å². The molecule has 1 aromatic heterocycles. The molecule has 3 aromatic carbocycles. The molecule has 0 atom stereocenters. The molecule has 0 bridgehead atoms. The molecule has 0 saturated heterocycles. The summed E-state index contributed by atoms with van der Waals surface area (Å²) in [5.41, 5.74) is 4.43. The number of amides is 1. The number of anilines is 1. The molecule has 26 heavy (non-hydrogen) atoms. The molecule has 4 aromatic rings. The SMILES string of the molecule is Cc1ccc(NC(=O)CSc2ccc3c4ccccc4n(C)c3c2)cc1. The molecule has 1 N–H and O–H groups in total. The minimum atomic E-state index is 0.0102. The molecule has 4 heteroatoms. The summed E-state index contributed by atoms with van der Waals surface area (Å²) in [5, 5.41) is 5.45. The number of hydrogen-bond donors (Lipinski definition) is 1. The number of para-hydroxylation sites is 1. The van der Waals surface area contributed by atoms with E-state index in [2.05, 4.69) is 59.4 Å². The van der Waals surface area contributed by atoms with Crippen LogP contribution in [0.15, 0.2) is 71.6 Å². The van der Waals surface area contributed by atoms with Gasteiger partial charge in [-0.15, -0.1) is 11.8 Å². The molecule has 3 nitrogen and oxygen atoms in total. The molecule has 4 rings (SSSR count). The first-order valence-corrected chi connectivity index (χ1v) is 9.57. The van der Waals surface area contributed by atoms with Crippen LogP contribution < -0.4 is 5.32 Å². The van der Waals surface area contributed by atoms with Crippen LogP contribution in [-0.2, 0) is 11.8 Å². The minimum absolute atomic E-state index is 0.0102. The lowest BCUT2D eigenvalue weighted by atomic mass is 10.2. The molecule has 0 fully saturated rings. The Bertz CT molecular complexity index is 1100. The highest BCUT2D eigenvalue weighted by molar-refractivity contribution is 8.00. The van der Waals surface area contributed by atoms with E-state index in [4.69, 9.17) is 0 Å². The van der Waals surface area contributed by atoms with Gasteiger partial charge in [-0.05, 0) is 37.3 Å². The van der Waals surface area contributed by atoms with Crippen LogP contribution in [0.5, 0.6) is 0 Å². The molecule has 1 heterocycles. The summed E-state index contributed by atoms with van der Waals surface area (Å²) in [5.74, 6) is 0.402. The molecule has 0 radical (unpaired) electrons. The van der Waals surface area contributed by atoms with E-state index in [9.17, 15) is 4.79 Å². The topological polar surface area (TPSA) is 34.0 Å². The Labute approximate surface area is 157 Å². The molecule has 0 unspecified atom stereocenters. The third kappa shape index (κ3) is 3.20. The second-order valence-corrected chi connectivity index (χ2v) is 7.51. The van der Waals surface area contributed by atoms with E-state index < -0.39 is 0 Å². The third-order valence-electron chi connectivity index (χ3n) is 4.59. The Morgan fingerprint density at radius 3 is 2.50 bits per heavy atom. The summed E-state index contributed by atoms with van der Waals surface area (Å²) >= 11 is 1.56. The zero-order chi connectivity index (χ0) is 18.1. The van der Waals surface area contributed by atoms with Gasteiger partial charge in [0.25, 0.3) is 0 Å². The summed E-state index contributed by atoms with van der Waals surface area (Å²) in [6.07, 6.45) is 0. The fourth-order valence-electron chi connectivity index (χ4n) is 3.21. The van der Waals surface area contributed by atoms with Crippen molar-refractivity contribution in [2.45, 2.75) is 11.8 Å². The number of rotatable bonds is 4. The Hall–Kier alpha value is -2.72. The number of fused-ring (bicyclic) bond motifs is 3. The predicted octanol–water partition coefficient (Wildman–Crippen LogP) is 5.37. The van der Waals surface area contributed by atoms with Crippen LogP contribution in [-0.4, -0.2) is 16.2 Å². The number of carbonyl (C=O) groups is 1. The first-order chi connectivity index (χ1) is 12.6. The van der Waals surface area contributed by atoms with Crippen LogP contribution >= 0.6 is 11.8 Å². The standard InChI is InChI=1S/C22H20N2OS/c1-15-7-9-16(10-8-15)23-22(25)14-26-17-11-12-19-18-5-3-4-6-20(18)24(2)21(19)13-17/h3-13H,14H2,1-2H3,(H,23,25). The second-order valence-electron chi connectivity index (χ2n) is 6.46. The number of aromatic nitrogens is 1. The normalized spacial score (nSPS) is 11.2. The largest absolute Gasteiger partial charge is 0.344 e. The maximum atomic E-state index is 12.2. The van der Waals surface area contributed by atoms with E-state index in [1.54, 1.807) is 11.8 Å². The Morgan fingerprint density at radius 1 is 0.962 bits per heavy atom. The van der Waals surface area contributed by atoms with Gasteiger partial charge in [-0.25, -0.2) is 0 Å². The summed E-state index contributed by atoms with van der Waals surface area (Å²) in [6, 6.07) is 22.7. The highest BCUT2D eigenvalue weighted by Crippen LogP contribution is 2.31. The van der Waals surface area contributed by atoms with Crippen LogP contribution in [0.2, 0.25) is 0 Å². The highest BCUT2D eigenvalue weighted by atomic mass is 32.2. The van der Waals surface area contributed by atoms with Crippen molar-refractivity contribution in [3.8, 4) is 0 Å². The molecular formula is C22H20N2OS. The monoisotopic (exact) mass is 360 g/mol. The maximum absolute atomic E-state index is 12.2. The molecule has 130 valence electrons. The lowest BCUT2D eigenvalue weighted by Gasteiger charge is -2.06. The summed E-state index contributed by atoms with van der Waals surface area (Å²) in [7, 11) is 2.09. The zero-order valence-corrected chi connectivity index (χ0v) is 15.6. The first kappa shape index (κ1) is 16.7. The van der Waals surface area contributed by atoms with Crippen molar-refractivity contribution in [2.24, 2.45) is 7.05 Å².